The van der Waals surface area contributed by atoms with Gasteiger partial charge in [0, 0.05) is 57.0 Å². The number of hydrogen-bond donors (Lipinski definition) is 1. The van der Waals surface area contributed by atoms with E-state index in [0.717, 1.165) is 64.4 Å². The summed E-state index contributed by atoms with van der Waals surface area (Å²) in [4.78, 5) is 47.2. The van der Waals surface area contributed by atoms with Crippen molar-refractivity contribution >= 4 is 70.0 Å². The number of nitrogens with zero attached hydrogens (tertiary/aromatic N) is 3. The zero-order valence-electron chi connectivity index (χ0n) is 26.2. The molecule has 7 nitrogen and oxygen atoms in total. The maximum absolute atomic E-state index is 14.7. The number of thioether (sulfide) groups is 3. The van der Waals surface area contributed by atoms with Gasteiger partial charge in [0.15, 0.2) is 0 Å². The molecular weight excluding hydrogens is 609 g/mol. The molecule has 0 atom stereocenters. The van der Waals surface area contributed by atoms with Gasteiger partial charge in [0.1, 0.15) is 4.08 Å². The molecule has 0 aliphatic carbocycles. The van der Waals surface area contributed by atoms with Crippen LogP contribution < -0.4 is 10.2 Å². The molecule has 0 saturated carbocycles. The van der Waals surface area contributed by atoms with Crippen molar-refractivity contribution < 1.29 is 14.4 Å². The summed E-state index contributed by atoms with van der Waals surface area (Å²) in [7, 11) is 0. The third-order valence-electron chi connectivity index (χ3n) is 9.39. The summed E-state index contributed by atoms with van der Waals surface area (Å²) >= 11 is 5.43. The van der Waals surface area contributed by atoms with Gasteiger partial charge >= 0.3 is 6.03 Å². The maximum atomic E-state index is 14.7. The SMILES string of the molecule is C=C(C)C1=C(C(=C)C)SC2(S1)C(C)=C(C)SC1=C2c2cc3c(c4c2N(C(=O)N(N2C(=O)CCC2=O)C4)C1(C)C)C(C)=CNC3. The van der Waals surface area contributed by atoms with Crippen LogP contribution in [0.15, 0.2) is 61.8 Å². The highest BCUT2D eigenvalue weighted by molar-refractivity contribution is 8.26. The van der Waals surface area contributed by atoms with Crippen molar-refractivity contribution in [2.24, 2.45) is 0 Å². The summed E-state index contributed by atoms with van der Waals surface area (Å²) in [5, 5.41) is 5.92. The Kier molecular flexibility index (Phi) is 6.54. The Labute approximate surface area is 271 Å². The van der Waals surface area contributed by atoms with E-state index < -0.39 is 9.62 Å². The Morgan fingerprint density at radius 3 is 2.18 bits per heavy atom. The number of carbonyl (C=O) groups is 3. The smallest absolute Gasteiger partial charge is 0.344 e. The molecule has 1 saturated heterocycles. The Morgan fingerprint density at radius 1 is 0.977 bits per heavy atom. The molecule has 1 spiro atoms. The number of rotatable bonds is 3. The van der Waals surface area contributed by atoms with E-state index in [4.69, 9.17) is 0 Å². The molecule has 1 aromatic rings. The van der Waals surface area contributed by atoms with Crippen LogP contribution in [0.3, 0.4) is 0 Å². The minimum Gasteiger partial charge on any atom is -0.387 e. The normalized spacial score (nSPS) is 23.3. The lowest BCUT2D eigenvalue weighted by atomic mass is 9.78. The van der Waals surface area contributed by atoms with Crippen LogP contribution in [-0.2, 0) is 22.7 Å². The predicted octanol–water partition coefficient (Wildman–Crippen LogP) is 8.04. The maximum Gasteiger partial charge on any atom is 0.344 e. The van der Waals surface area contributed by atoms with E-state index in [1.165, 1.54) is 21.1 Å². The monoisotopic (exact) mass is 644 g/mol. The minimum atomic E-state index is -0.770. The summed E-state index contributed by atoms with van der Waals surface area (Å²) in [6.45, 7) is 24.3. The van der Waals surface area contributed by atoms with Gasteiger partial charge in [-0.15, -0.1) is 0 Å². The van der Waals surface area contributed by atoms with Gasteiger partial charge in [0.05, 0.1) is 17.8 Å². The summed E-state index contributed by atoms with van der Waals surface area (Å²) < 4.78 is -0.466. The summed E-state index contributed by atoms with van der Waals surface area (Å²) in [5.41, 5.74) is 9.96. The van der Waals surface area contributed by atoms with Gasteiger partial charge in [-0.2, -0.15) is 5.01 Å². The Bertz CT molecular complexity index is 1770. The fourth-order valence-corrected chi connectivity index (χ4v) is 12.4. The van der Waals surface area contributed by atoms with Gasteiger partial charge in [-0.1, -0.05) is 48.4 Å². The number of nitrogens with one attached hydrogen (secondary N) is 1. The third-order valence-corrected chi connectivity index (χ3v) is 14.6. The topological polar surface area (TPSA) is 73.0 Å². The van der Waals surface area contributed by atoms with E-state index in [1.54, 1.807) is 11.8 Å². The van der Waals surface area contributed by atoms with Gasteiger partial charge in [0.25, 0.3) is 0 Å². The van der Waals surface area contributed by atoms with Gasteiger partial charge in [-0.3, -0.25) is 14.5 Å². The van der Waals surface area contributed by atoms with Crippen LogP contribution in [0.5, 0.6) is 0 Å². The average Bonchev–Trinajstić information content (AvgIpc) is 3.51. The van der Waals surface area contributed by atoms with E-state index in [1.807, 2.05) is 34.6 Å². The molecule has 44 heavy (non-hydrogen) atoms. The first-order chi connectivity index (χ1) is 20.7. The first-order valence-electron chi connectivity index (χ1n) is 14.8. The quantitative estimate of drug-likeness (QED) is 0.334. The number of hydrazine groups is 1. The Balaban J connectivity index is 1.54. The highest BCUT2D eigenvalue weighted by atomic mass is 32.2. The minimum absolute atomic E-state index is 0.119. The lowest BCUT2D eigenvalue weighted by Gasteiger charge is -2.55. The largest absolute Gasteiger partial charge is 0.387 e. The number of hydrogen-bond acceptors (Lipinski definition) is 7. The molecule has 6 aliphatic heterocycles. The molecule has 7 rings (SSSR count). The fourth-order valence-electron chi connectivity index (χ4n) is 7.24. The summed E-state index contributed by atoms with van der Waals surface area (Å²) in [5.74, 6) is -0.657. The van der Waals surface area contributed by atoms with E-state index in [9.17, 15) is 14.4 Å². The number of amides is 4. The lowest BCUT2D eigenvalue weighted by molar-refractivity contribution is -0.153. The van der Waals surface area contributed by atoms with E-state index in [-0.39, 0.29) is 37.2 Å². The van der Waals surface area contributed by atoms with Gasteiger partial charge in [0.2, 0.25) is 11.8 Å². The van der Waals surface area contributed by atoms with Crippen molar-refractivity contribution in [2.45, 2.75) is 84.0 Å². The molecule has 0 unspecified atom stereocenters. The summed E-state index contributed by atoms with van der Waals surface area (Å²) in [6, 6.07) is 1.93. The molecule has 0 radical (unpaired) electrons. The third kappa shape index (κ3) is 3.76. The highest BCUT2D eigenvalue weighted by Crippen LogP contribution is 2.72. The van der Waals surface area contributed by atoms with Crippen molar-refractivity contribution in [3.05, 3.63) is 84.0 Å². The van der Waals surface area contributed by atoms with E-state index >= 15 is 0 Å². The van der Waals surface area contributed by atoms with Crippen molar-refractivity contribution in [3.63, 3.8) is 0 Å². The second-order valence-electron chi connectivity index (χ2n) is 12.9. The second-order valence-corrected chi connectivity index (χ2v) is 16.8. The van der Waals surface area contributed by atoms with E-state index in [2.05, 4.69) is 73.0 Å². The molecule has 1 aromatic carbocycles. The van der Waals surface area contributed by atoms with Gasteiger partial charge in [-0.25, -0.2) is 9.80 Å². The zero-order valence-corrected chi connectivity index (χ0v) is 28.6. The number of allylic oxidation sites excluding steroid dienone is 4. The molecular formula is C34H36N4O3S3. The first-order valence-corrected chi connectivity index (χ1v) is 17.3. The number of urea groups is 1. The lowest BCUT2D eigenvalue weighted by Crippen LogP contribution is -2.63. The zero-order chi connectivity index (χ0) is 31.6. The van der Waals surface area contributed by atoms with Gasteiger partial charge < -0.3 is 5.32 Å². The molecule has 4 amide bonds. The van der Waals surface area contributed by atoms with Crippen molar-refractivity contribution in [1.29, 1.82) is 0 Å². The number of carbonyl (C=O) groups excluding carboxylic acids is 3. The number of benzene rings is 1. The van der Waals surface area contributed by atoms with Crippen LogP contribution in [0.4, 0.5) is 10.5 Å². The molecule has 0 aromatic heterocycles. The Morgan fingerprint density at radius 2 is 1.59 bits per heavy atom. The van der Waals surface area contributed by atoms with Crippen molar-refractivity contribution in [2.75, 3.05) is 4.90 Å². The van der Waals surface area contributed by atoms with Crippen LogP contribution in [0.2, 0.25) is 0 Å². The average molecular weight is 645 g/mol. The van der Waals surface area contributed by atoms with Crippen LogP contribution in [0, 0.1) is 0 Å². The number of imide groups is 1. The molecule has 0 bridgehead atoms. The van der Waals surface area contributed by atoms with Crippen molar-refractivity contribution in [3.8, 4) is 0 Å². The second kappa shape index (κ2) is 9.71. The summed E-state index contributed by atoms with van der Waals surface area (Å²) in [6.07, 6.45) is 2.25. The van der Waals surface area contributed by atoms with Crippen LogP contribution in [0.25, 0.3) is 11.1 Å². The molecule has 1 N–H and O–H groups in total. The van der Waals surface area contributed by atoms with Crippen LogP contribution in [-0.4, -0.2) is 37.5 Å². The molecule has 1 fully saturated rings. The van der Waals surface area contributed by atoms with E-state index in [0.29, 0.717) is 6.54 Å². The van der Waals surface area contributed by atoms with Crippen LogP contribution >= 0.6 is 35.3 Å². The Hall–Kier alpha value is -3.08. The van der Waals surface area contributed by atoms with Crippen LogP contribution in [0.1, 0.15) is 83.6 Å². The van der Waals surface area contributed by atoms with Gasteiger partial charge in [-0.05, 0) is 92.9 Å². The number of fused-ring (bicyclic) bond motifs is 4. The van der Waals surface area contributed by atoms with Crippen molar-refractivity contribution in [1.82, 2.24) is 15.3 Å². The fraction of sp³-hybridized carbons (Fsp3) is 0.382. The number of anilines is 1. The molecule has 228 valence electrons. The highest BCUT2D eigenvalue weighted by Gasteiger charge is 2.58. The predicted molar refractivity (Wildman–Crippen MR) is 183 cm³/mol. The molecule has 10 heteroatoms. The molecule has 6 aliphatic rings. The molecule has 6 heterocycles. The standard InChI is InChI=1S/C34H36N4O3S3/c1-16(2)29-30(17(3)4)44-34(43-29)19(6)20(7)42-31-27(34)22-12-21-14-35-13-18(5)26(21)23-15-36(38-24(39)10-11-25(38)40)32(41)37(28(22)23)33(31,8)9/h12-13,35H,1,3,10-11,14-15H2,2,4-9H3. The first kappa shape index (κ1) is 29.6.